The maximum absolute atomic E-state index is 12.2. The van der Waals surface area contributed by atoms with E-state index in [1.54, 1.807) is 44.3 Å². The fraction of sp³-hybridized carbons (Fsp3) is 0.278. The van der Waals surface area contributed by atoms with Crippen LogP contribution in [0.3, 0.4) is 0 Å². The van der Waals surface area contributed by atoms with Gasteiger partial charge in [0.05, 0.1) is 11.8 Å². The molecule has 1 aromatic carbocycles. The lowest BCUT2D eigenvalue weighted by Gasteiger charge is -2.17. The van der Waals surface area contributed by atoms with Crippen LogP contribution in [0, 0.1) is 6.92 Å². The van der Waals surface area contributed by atoms with Gasteiger partial charge in [0.2, 0.25) is 5.12 Å². The van der Waals surface area contributed by atoms with Crippen LogP contribution in [0.2, 0.25) is 0 Å². The van der Waals surface area contributed by atoms with Crippen molar-refractivity contribution in [3.8, 4) is 5.75 Å². The molecule has 1 heterocycles. The second-order valence-corrected chi connectivity index (χ2v) is 6.27. The number of aryl methyl sites for hydroxylation is 1. The zero-order valence-corrected chi connectivity index (χ0v) is 14.6. The first-order valence-corrected chi connectivity index (χ1v) is 8.45. The third-order valence-corrected chi connectivity index (χ3v) is 4.32. The zero-order chi connectivity index (χ0) is 17.7. The molecule has 0 fully saturated rings. The number of aliphatic hydroxyl groups is 1. The van der Waals surface area contributed by atoms with E-state index >= 15 is 0 Å². The summed E-state index contributed by atoms with van der Waals surface area (Å²) in [6, 6.07) is 8.97. The molecule has 5 nitrogen and oxygen atoms in total. The molecule has 24 heavy (non-hydrogen) atoms. The highest BCUT2D eigenvalue weighted by atomic mass is 32.2. The first kappa shape index (κ1) is 18.2. The van der Waals surface area contributed by atoms with Gasteiger partial charge in [0.1, 0.15) is 0 Å². The van der Waals surface area contributed by atoms with Crippen molar-refractivity contribution < 1.29 is 19.4 Å². The normalized spacial score (nSPS) is 11.8. The maximum atomic E-state index is 12.2. The summed E-state index contributed by atoms with van der Waals surface area (Å²) in [6.45, 7) is 4.59. The Morgan fingerprint density at radius 1 is 1.29 bits per heavy atom. The van der Waals surface area contributed by atoms with Crippen molar-refractivity contribution in [1.29, 1.82) is 0 Å². The van der Waals surface area contributed by atoms with Gasteiger partial charge in [0.25, 0.3) is 0 Å². The van der Waals surface area contributed by atoms with Crippen molar-refractivity contribution in [2.24, 2.45) is 0 Å². The maximum Gasteiger partial charge on any atom is 0.308 e. The minimum atomic E-state index is -0.844. The van der Waals surface area contributed by atoms with Crippen LogP contribution in [-0.4, -0.2) is 21.2 Å². The summed E-state index contributed by atoms with van der Waals surface area (Å²) in [4.78, 5) is 27.7. The fourth-order valence-corrected chi connectivity index (χ4v) is 3.11. The largest absolute Gasteiger partial charge is 0.424 e. The van der Waals surface area contributed by atoms with Crippen molar-refractivity contribution in [3.05, 3.63) is 58.9 Å². The number of aromatic nitrogens is 1. The Balaban J connectivity index is 2.26. The molecule has 0 saturated heterocycles. The van der Waals surface area contributed by atoms with E-state index in [9.17, 15) is 14.7 Å². The summed E-state index contributed by atoms with van der Waals surface area (Å²) in [6.07, 6.45) is 0.763. The number of aliphatic hydroxyl groups excluding tert-OH is 1. The molecule has 1 unspecified atom stereocenters. The SMILES string of the molecule is CC(=O)Oc1c(C)ncc(CSC(=O)c2ccccc2)c1C(C)O. The van der Waals surface area contributed by atoms with E-state index in [0.29, 0.717) is 28.1 Å². The van der Waals surface area contributed by atoms with Gasteiger partial charge in [0, 0.05) is 30.0 Å². The van der Waals surface area contributed by atoms with Crippen LogP contribution in [0.25, 0.3) is 0 Å². The Hall–Kier alpha value is -2.18. The van der Waals surface area contributed by atoms with Gasteiger partial charge in [-0.05, 0) is 19.4 Å². The molecule has 1 aromatic heterocycles. The van der Waals surface area contributed by atoms with Gasteiger partial charge in [-0.3, -0.25) is 14.6 Å². The Bertz CT molecular complexity index is 744. The highest BCUT2D eigenvalue weighted by molar-refractivity contribution is 8.13. The average Bonchev–Trinajstić information content (AvgIpc) is 2.55. The van der Waals surface area contributed by atoms with Crippen LogP contribution in [0.15, 0.2) is 36.5 Å². The molecular formula is C18H19NO4S. The van der Waals surface area contributed by atoms with Crippen LogP contribution in [0.5, 0.6) is 5.75 Å². The summed E-state index contributed by atoms with van der Waals surface area (Å²) < 4.78 is 5.21. The highest BCUT2D eigenvalue weighted by Crippen LogP contribution is 2.33. The van der Waals surface area contributed by atoms with Gasteiger partial charge in [-0.2, -0.15) is 0 Å². The van der Waals surface area contributed by atoms with Gasteiger partial charge in [-0.15, -0.1) is 0 Å². The summed E-state index contributed by atoms with van der Waals surface area (Å²) in [7, 11) is 0. The number of benzene rings is 1. The number of esters is 1. The van der Waals surface area contributed by atoms with E-state index in [0.717, 1.165) is 11.8 Å². The second-order valence-electron chi connectivity index (χ2n) is 5.32. The molecule has 6 heteroatoms. The monoisotopic (exact) mass is 345 g/mol. The van der Waals surface area contributed by atoms with Crippen molar-refractivity contribution >= 4 is 22.8 Å². The molecule has 126 valence electrons. The molecule has 0 bridgehead atoms. The summed E-state index contributed by atoms with van der Waals surface area (Å²) >= 11 is 1.12. The lowest BCUT2D eigenvalue weighted by molar-refractivity contribution is -0.132. The number of carbonyl (C=O) groups excluding carboxylic acids is 2. The molecule has 0 aliphatic carbocycles. The number of pyridine rings is 1. The summed E-state index contributed by atoms with van der Waals surface area (Å²) in [5.41, 5.74) is 2.29. The van der Waals surface area contributed by atoms with E-state index < -0.39 is 12.1 Å². The molecule has 0 spiro atoms. The molecule has 0 saturated carbocycles. The molecular weight excluding hydrogens is 326 g/mol. The molecule has 0 amide bonds. The molecule has 1 N–H and O–H groups in total. The number of thioether (sulfide) groups is 1. The number of rotatable bonds is 5. The van der Waals surface area contributed by atoms with E-state index in [4.69, 9.17) is 4.74 Å². The number of carbonyl (C=O) groups is 2. The molecule has 2 rings (SSSR count). The van der Waals surface area contributed by atoms with Crippen LogP contribution in [0.1, 0.15) is 47.1 Å². The minimum Gasteiger partial charge on any atom is -0.424 e. The van der Waals surface area contributed by atoms with Crippen LogP contribution >= 0.6 is 11.8 Å². The van der Waals surface area contributed by atoms with Crippen LogP contribution < -0.4 is 4.74 Å². The number of hydrogen-bond donors (Lipinski definition) is 1. The lowest BCUT2D eigenvalue weighted by Crippen LogP contribution is -2.11. The molecule has 0 radical (unpaired) electrons. The topological polar surface area (TPSA) is 76.5 Å². The molecule has 2 aromatic rings. The Morgan fingerprint density at radius 2 is 1.96 bits per heavy atom. The summed E-state index contributed by atoms with van der Waals surface area (Å²) in [5.74, 6) is 0.116. The van der Waals surface area contributed by atoms with Gasteiger partial charge in [-0.25, -0.2) is 0 Å². The van der Waals surface area contributed by atoms with Gasteiger partial charge in [-0.1, -0.05) is 42.1 Å². The predicted molar refractivity (Wildman–Crippen MR) is 93.0 cm³/mol. The van der Waals surface area contributed by atoms with E-state index in [1.807, 2.05) is 6.07 Å². The third-order valence-electron chi connectivity index (χ3n) is 3.37. The highest BCUT2D eigenvalue weighted by Gasteiger charge is 2.20. The van der Waals surface area contributed by atoms with Crippen molar-refractivity contribution in [3.63, 3.8) is 0 Å². The van der Waals surface area contributed by atoms with Gasteiger partial charge < -0.3 is 9.84 Å². The lowest BCUT2D eigenvalue weighted by atomic mass is 10.0. The van der Waals surface area contributed by atoms with Crippen molar-refractivity contribution in [2.75, 3.05) is 0 Å². The fourth-order valence-electron chi connectivity index (χ4n) is 2.29. The van der Waals surface area contributed by atoms with Crippen molar-refractivity contribution in [1.82, 2.24) is 4.98 Å². The number of ether oxygens (including phenoxy) is 1. The predicted octanol–water partition coefficient (Wildman–Crippen LogP) is 3.44. The first-order chi connectivity index (χ1) is 11.4. The third kappa shape index (κ3) is 4.43. The minimum absolute atomic E-state index is 0.0678. The molecule has 0 aliphatic heterocycles. The zero-order valence-electron chi connectivity index (χ0n) is 13.8. The smallest absolute Gasteiger partial charge is 0.308 e. The van der Waals surface area contributed by atoms with Crippen molar-refractivity contribution in [2.45, 2.75) is 32.6 Å². The Morgan fingerprint density at radius 3 is 2.54 bits per heavy atom. The van der Waals surface area contributed by atoms with Crippen LogP contribution in [0.4, 0.5) is 0 Å². The molecule has 1 atom stereocenters. The first-order valence-electron chi connectivity index (χ1n) is 7.47. The number of hydrogen-bond acceptors (Lipinski definition) is 6. The molecule has 0 aliphatic rings. The number of nitrogens with zero attached hydrogens (tertiary/aromatic N) is 1. The second kappa shape index (κ2) is 8.08. The van der Waals surface area contributed by atoms with Crippen LogP contribution in [-0.2, 0) is 10.5 Å². The van der Waals surface area contributed by atoms with Gasteiger partial charge in [0.15, 0.2) is 5.75 Å². The Kier molecular flexibility index (Phi) is 6.11. The van der Waals surface area contributed by atoms with E-state index in [2.05, 4.69) is 4.98 Å². The Labute approximate surface area is 145 Å². The van der Waals surface area contributed by atoms with E-state index in [-0.39, 0.29) is 10.9 Å². The standard InChI is InChI=1S/C18H19NO4S/c1-11-17(23-13(3)21)16(12(2)20)15(9-19-11)10-24-18(22)14-7-5-4-6-8-14/h4-9,12,20H,10H2,1-3H3. The summed E-state index contributed by atoms with van der Waals surface area (Å²) in [5, 5.41) is 10.0. The van der Waals surface area contributed by atoms with E-state index in [1.165, 1.54) is 6.92 Å². The average molecular weight is 345 g/mol. The quantitative estimate of drug-likeness (QED) is 0.837. The van der Waals surface area contributed by atoms with Gasteiger partial charge >= 0.3 is 5.97 Å².